The zero-order valence-corrected chi connectivity index (χ0v) is 10.8. The van der Waals surface area contributed by atoms with E-state index >= 15 is 0 Å². The molecular weight excluding hydrogens is 256 g/mol. The summed E-state index contributed by atoms with van der Waals surface area (Å²) in [5.41, 5.74) is 0.567. The van der Waals surface area contributed by atoms with Crippen molar-refractivity contribution in [3.05, 3.63) is 29.3 Å². The number of hydrogen-bond donors (Lipinski definition) is 2. The second-order valence-electron chi connectivity index (χ2n) is 3.58. The van der Waals surface area contributed by atoms with Crippen molar-refractivity contribution in [2.75, 3.05) is 25.6 Å². The molecule has 1 aromatic rings. The van der Waals surface area contributed by atoms with Crippen molar-refractivity contribution in [2.45, 2.75) is 6.42 Å². The number of carbonyl (C=O) groups excluding carboxylic acids is 2. The highest BCUT2D eigenvalue weighted by Crippen LogP contribution is 2.14. The van der Waals surface area contributed by atoms with Gasteiger partial charge in [0.05, 0.1) is 6.61 Å². The van der Waals surface area contributed by atoms with Crippen molar-refractivity contribution in [3.8, 4) is 0 Å². The van der Waals surface area contributed by atoms with Gasteiger partial charge < -0.3 is 15.4 Å². The molecule has 0 aliphatic heterocycles. The summed E-state index contributed by atoms with van der Waals surface area (Å²) in [6.45, 7) is 0.807. The molecule has 0 atom stereocenters. The van der Waals surface area contributed by atoms with Crippen LogP contribution in [0, 0.1) is 0 Å². The van der Waals surface area contributed by atoms with Gasteiger partial charge in [-0.3, -0.25) is 9.59 Å². The third kappa shape index (κ3) is 5.65. The summed E-state index contributed by atoms with van der Waals surface area (Å²) in [6, 6.07) is 6.74. The van der Waals surface area contributed by atoms with Gasteiger partial charge in [-0.25, -0.2) is 0 Å². The lowest BCUT2D eigenvalue weighted by Gasteiger charge is -2.06. The third-order valence-electron chi connectivity index (χ3n) is 2.06. The van der Waals surface area contributed by atoms with E-state index in [9.17, 15) is 9.59 Å². The summed E-state index contributed by atoms with van der Waals surface area (Å²) in [5.74, 6) is -0.723. The van der Waals surface area contributed by atoms with Crippen molar-refractivity contribution in [3.63, 3.8) is 0 Å². The fraction of sp³-hybridized carbons (Fsp3) is 0.333. The molecule has 5 nitrogen and oxygen atoms in total. The predicted octanol–water partition coefficient (Wildman–Crippen LogP) is 1.43. The maximum absolute atomic E-state index is 11.5. The maximum atomic E-state index is 11.5. The molecule has 0 bridgehead atoms. The van der Waals surface area contributed by atoms with Gasteiger partial charge in [0.25, 0.3) is 0 Å². The topological polar surface area (TPSA) is 67.4 Å². The first kappa shape index (κ1) is 14.5. The van der Waals surface area contributed by atoms with Crippen LogP contribution in [0.5, 0.6) is 0 Å². The number of hydrogen-bond acceptors (Lipinski definition) is 3. The first-order valence-electron chi connectivity index (χ1n) is 5.43. The Hall–Kier alpha value is -1.59. The Kier molecular flexibility index (Phi) is 6.18. The molecule has 0 saturated heterocycles. The summed E-state index contributed by atoms with van der Waals surface area (Å²) in [6.07, 6.45) is -0.226. The second kappa shape index (κ2) is 7.68. The smallest absolute Gasteiger partial charge is 0.233 e. The quantitative estimate of drug-likeness (QED) is 0.607. The number of benzene rings is 1. The number of amides is 2. The van der Waals surface area contributed by atoms with Crippen molar-refractivity contribution in [1.82, 2.24) is 5.32 Å². The van der Waals surface area contributed by atoms with E-state index in [0.717, 1.165) is 0 Å². The Bertz CT molecular complexity index is 424. The van der Waals surface area contributed by atoms with E-state index in [1.807, 2.05) is 0 Å². The molecule has 0 saturated carbocycles. The molecule has 1 rings (SSSR count). The number of ether oxygens (including phenoxy) is 1. The van der Waals surface area contributed by atoms with E-state index in [2.05, 4.69) is 10.6 Å². The highest BCUT2D eigenvalue weighted by Gasteiger charge is 2.09. The minimum atomic E-state index is -0.382. The molecule has 2 amide bonds. The van der Waals surface area contributed by atoms with Gasteiger partial charge >= 0.3 is 0 Å². The minimum Gasteiger partial charge on any atom is -0.383 e. The van der Waals surface area contributed by atoms with E-state index in [1.165, 1.54) is 7.11 Å². The fourth-order valence-electron chi connectivity index (χ4n) is 1.27. The zero-order valence-electron chi connectivity index (χ0n) is 10.0. The van der Waals surface area contributed by atoms with E-state index in [0.29, 0.717) is 23.9 Å². The summed E-state index contributed by atoms with van der Waals surface area (Å²) in [4.78, 5) is 22.9. The largest absolute Gasteiger partial charge is 0.383 e. The van der Waals surface area contributed by atoms with Gasteiger partial charge in [-0.2, -0.15) is 0 Å². The molecule has 98 valence electrons. The Morgan fingerprint density at radius 1 is 1.33 bits per heavy atom. The van der Waals surface area contributed by atoms with Crippen LogP contribution < -0.4 is 10.6 Å². The van der Waals surface area contributed by atoms with E-state index in [1.54, 1.807) is 24.3 Å². The number of carbonyl (C=O) groups is 2. The summed E-state index contributed by atoms with van der Waals surface area (Å²) in [7, 11) is 1.54. The van der Waals surface area contributed by atoms with Gasteiger partial charge in [-0.1, -0.05) is 17.7 Å². The van der Waals surface area contributed by atoms with Crippen molar-refractivity contribution in [2.24, 2.45) is 0 Å². The summed E-state index contributed by atoms with van der Waals surface area (Å²) in [5, 5.41) is 5.67. The van der Waals surface area contributed by atoms with Crippen LogP contribution in [-0.4, -0.2) is 32.1 Å². The number of nitrogens with one attached hydrogen (secondary N) is 2. The number of halogens is 1. The van der Waals surface area contributed by atoms with Crippen LogP contribution >= 0.6 is 11.6 Å². The Labute approximate surface area is 110 Å². The predicted molar refractivity (Wildman–Crippen MR) is 69.6 cm³/mol. The molecular formula is C12H15ClN2O3. The van der Waals surface area contributed by atoms with E-state index in [4.69, 9.17) is 16.3 Å². The average molecular weight is 271 g/mol. The van der Waals surface area contributed by atoms with Crippen molar-refractivity contribution in [1.29, 1.82) is 0 Å². The number of rotatable bonds is 6. The van der Waals surface area contributed by atoms with Gasteiger partial charge in [0.2, 0.25) is 11.8 Å². The normalized spacial score (nSPS) is 9.89. The minimum absolute atomic E-state index is 0.226. The lowest BCUT2D eigenvalue weighted by molar-refractivity contribution is -0.126. The number of methoxy groups -OCH3 is 1. The molecule has 0 aliphatic rings. The molecule has 0 aliphatic carbocycles. The van der Waals surface area contributed by atoms with Crippen LogP contribution in [-0.2, 0) is 14.3 Å². The third-order valence-corrected chi connectivity index (χ3v) is 2.29. The van der Waals surface area contributed by atoms with Crippen LogP contribution in [0.3, 0.4) is 0 Å². The van der Waals surface area contributed by atoms with Crippen LogP contribution in [0.2, 0.25) is 5.02 Å². The molecule has 6 heteroatoms. The molecule has 0 spiro atoms. The molecule has 1 aromatic carbocycles. The summed E-state index contributed by atoms with van der Waals surface area (Å²) >= 11 is 5.77. The maximum Gasteiger partial charge on any atom is 0.233 e. The molecule has 0 fully saturated rings. The van der Waals surface area contributed by atoms with Crippen LogP contribution in [0.1, 0.15) is 6.42 Å². The van der Waals surface area contributed by atoms with Crippen molar-refractivity contribution >= 4 is 29.1 Å². The molecule has 0 heterocycles. The average Bonchev–Trinajstić information content (AvgIpc) is 2.29. The first-order valence-corrected chi connectivity index (χ1v) is 5.80. The Morgan fingerprint density at radius 2 is 2.11 bits per heavy atom. The highest BCUT2D eigenvalue weighted by atomic mass is 35.5. The molecule has 0 radical (unpaired) electrons. The van der Waals surface area contributed by atoms with Gasteiger partial charge in [0.1, 0.15) is 6.42 Å². The SMILES string of the molecule is COCCNC(=O)CC(=O)Nc1cccc(Cl)c1. The van der Waals surface area contributed by atoms with Gasteiger partial charge in [0.15, 0.2) is 0 Å². The van der Waals surface area contributed by atoms with Crippen LogP contribution in [0.15, 0.2) is 24.3 Å². The standard InChI is InChI=1S/C12H15ClN2O3/c1-18-6-5-14-11(16)8-12(17)15-10-4-2-3-9(13)7-10/h2-4,7H,5-6,8H2,1H3,(H,14,16)(H,15,17). The molecule has 2 N–H and O–H groups in total. The van der Waals surface area contributed by atoms with Crippen LogP contribution in [0.4, 0.5) is 5.69 Å². The molecule has 18 heavy (non-hydrogen) atoms. The molecule has 0 aromatic heterocycles. The first-order chi connectivity index (χ1) is 8.61. The number of anilines is 1. The van der Waals surface area contributed by atoms with Gasteiger partial charge in [-0.05, 0) is 18.2 Å². The molecule has 0 unspecified atom stereocenters. The van der Waals surface area contributed by atoms with E-state index in [-0.39, 0.29) is 18.2 Å². The fourth-order valence-corrected chi connectivity index (χ4v) is 1.46. The van der Waals surface area contributed by atoms with Crippen molar-refractivity contribution < 1.29 is 14.3 Å². The summed E-state index contributed by atoms with van der Waals surface area (Å²) < 4.78 is 4.78. The van der Waals surface area contributed by atoms with E-state index < -0.39 is 0 Å². The highest BCUT2D eigenvalue weighted by molar-refractivity contribution is 6.30. The van der Waals surface area contributed by atoms with Gasteiger partial charge in [0, 0.05) is 24.4 Å². The Morgan fingerprint density at radius 3 is 2.78 bits per heavy atom. The second-order valence-corrected chi connectivity index (χ2v) is 4.01. The Balaban J connectivity index is 2.35. The van der Waals surface area contributed by atoms with Crippen LogP contribution in [0.25, 0.3) is 0 Å². The lowest BCUT2D eigenvalue weighted by Crippen LogP contribution is -2.30. The monoisotopic (exact) mass is 270 g/mol. The van der Waals surface area contributed by atoms with Gasteiger partial charge in [-0.15, -0.1) is 0 Å². The lowest BCUT2D eigenvalue weighted by atomic mass is 10.3. The zero-order chi connectivity index (χ0) is 13.4.